The van der Waals surface area contributed by atoms with Gasteiger partial charge < -0.3 is 0 Å². The van der Waals surface area contributed by atoms with Crippen molar-refractivity contribution in [2.24, 2.45) is 0 Å². The molecule has 102 valence electrons. The van der Waals surface area contributed by atoms with E-state index in [0.29, 0.717) is 7.92 Å². The average molecular weight is 352 g/mol. The Bertz CT molecular complexity index is 344. The van der Waals surface area contributed by atoms with Crippen LogP contribution >= 0.6 is 7.92 Å². The molecule has 0 nitrogen and oxygen atoms in total. The maximum atomic E-state index is 2.23. The molecule has 2 aromatic carbocycles. The van der Waals surface area contributed by atoms with Crippen LogP contribution in [-0.4, -0.2) is 20.0 Å². The first-order valence-corrected chi connectivity index (χ1v) is 8.85. The zero-order chi connectivity index (χ0) is 13.8. The molecule has 19 heavy (non-hydrogen) atoms. The van der Waals surface area contributed by atoms with Crippen LogP contribution in [0, 0.1) is 13.8 Å². The molecule has 2 aromatic rings. The smallest absolute Gasteiger partial charge is 0 e. The predicted molar refractivity (Wildman–Crippen MR) is 87.1 cm³/mol. The van der Waals surface area contributed by atoms with E-state index in [1.165, 1.54) is 11.1 Å². The Morgan fingerprint density at radius 1 is 0.579 bits per heavy atom. The van der Waals surface area contributed by atoms with Gasteiger partial charge in [0, 0.05) is 26.2 Å². The van der Waals surface area contributed by atoms with Crippen molar-refractivity contribution in [1.82, 2.24) is 0 Å². The second-order valence-corrected chi connectivity index (χ2v) is 7.33. The molecule has 0 unspecified atom stereocenters. The fraction of sp³-hybridized carbons (Fsp3) is 0.294. The normalized spacial score (nSPS) is 8.32. The number of aryl methyl sites for hydroxylation is 2. The first kappa shape index (κ1) is 21.1. The molecule has 0 aliphatic carbocycles. The van der Waals surface area contributed by atoms with E-state index in [0.717, 1.165) is 0 Å². The molecule has 0 fully saturated rings. The predicted octanol–water partition coefficient (Wildman–Crippen LogP) is 5.35. The van der Waals surface area contributed by atoms with Gasteiger partial charge in [0.15, 0.2) is 0 Å². The molecule has 0 saturated heterocycles. The van der Waals surface area contributed by atoms with Gasteiger partial charge in [-0.05, 0) is 33.8 Å². The average Bonchev–Trinajstić information content (AvgIpc) is 2.31. The van der Waals surface area contributed by atoms with Crippen molar-refractivity contribution in [1.29, 1.82) is 0 Å². The van der Waals surface area contributed by atoms with Gasteiger partial charge in [-0.1, -0.05) is 71.8 Å². The standard InChI is InChI=1S/2C7H8.C3H9P.Zr/c2*1-7-5-3-2-4-6-7;1-4(2)3;/h2*2-6H,1H3;1-3H3;. The van der Waals surface area contributed by atoms with Crippen molar-refractivity contribution < 1.29 is 26.2 Å². The van der Waals surface area contributed by atoms with Crippen LogP contribution < -0.4 is 0 Å². The summed E-state index contributed by atoms with van der Waals surface area (Å²) < 4.78 is 0. The zero-order valence-corrected chi connectivity index (χ0v) is 16.1. The van der Waals surface area contributed by atoms with E-state index in [-0.39, 0.29) is 26.2 Å². The summed E-state index contributed by atoms with van der Waals surface area (Å²) in [5.74, 6) is 0. The minimum Gasteiger partial charge on any atom is -0.116 e. The summed E-state index contributed by atoms with van der Waals surface area (Å²) in [6, 6.07) is 20.5. The van der Waals surface area contributed by atoms with E-state index >= 15 is 0 Å². The Morgan fingerprint density at radius 3 is 0.895 bits per heavy atom. The van der Waals surface area contributed by atoms with Crippen LogP contribution in [0.4, 0.5) is 0 Å². The quantitative estimate of drug-likeness (QED) is 0.562. The Kier molecular flexibility index (Phi) is 15.7. The molecular weight excluding hydrogens is 326 g/mol. The number of benzene rings is 2. The molecule has 2 rings (SSSR count). The molecule has 2 heteroatoms. The van der Waals surface area contributed by atoms with E-state index in [9.17, 15) is 0 Å². The minimum absolute atomic E-state index is 0. The fourth-order valence-corrected chi connectivity index (χ4v) is 1.07. The third-order valence-electron chi connectivity index (χ3n) is 1.88. The summed E-state index contributed by atoms with van der Waals surface area (Å²) in [6.07, 6.45) is 0. The second kappa shape index (κ2) is 14.2. The van der Waals surface area contributed by atoms with Gasteiger partial charge in [0.05, 0.1) is 0 Å². The van der Waals surface area contributed by atoms with E-state index in [1.54, 1.807) is 0 Å². The number of hydrogen-bond acceptors (Lipinski definition) is 0. The van der Waals surface area contributed by atoms with Crippen molar-refractivity contribution in [3.63, 3.8) is 0 Å². The van der Waals surface area contributed by atoms with Crippen molar-refractivity contribution in [2.75, 3.05) is 20.0 Å². The molecule has 0 aliphatic rings. The molecule has 0 amide bonds. The van der Waals surface area contributed by atoms with Gasteiger partial charge in [-0.2, -0.15) is 0 Å². The molecule has 0 atom stereocenters. The first-order valence-electron chi connectivity index (χ1n) is 6.16. The number of hydrogen-bond donors (Lipinski definition) is 0. The third kappa shape index (κ3) is 17.8. The molecule has 0 radical (unpaired) electrons. The molecule has 0 N–H and O–H groups in total. The van der Waals surface area contributed by atoms with Crippen LogP contribution in [0.1, 0.15) is 11.1 Å². The largest absolute Gasteiger partial charge is 0.116 e. The maximum absolute atomic E-state index is 2.23. The van der Waals surface area contributed by atoms with Gasteiger partial charge in [0.1, 0.15) is 0 Å². The summed E-state index contributed by atoms with van der Waals surface area (Å²) in [4.78, 5) is 0. The van der Waals surface area contributed by atoms with Crippen molar-refractivity contribution in [3.05, 3.63) is 71.8 Å². The van der Waals surface area contributed by atoms with Gasteiger partial charge >= 0.3 is 0 Å². The van der Waals surface area contributed by atoms with Gasteiger partial charge in [0.25, 0.3) is 0 Å². The van der Waals surface area contributed by atoms with E-state index in [4.69, 9.17) is 0 Å². The first-order chi connectivity index (χ1) is 8.52. The second-order valence-electron chi connectivity index (χ2n) is 4.65. The van der Waals surface area contributed by atoms with Gasteiger partial charge in [0.2, 0.25) is 0 Å². The Morgan fingerprint density at radius 2 is 0.789 bits per heavy atom. The Balaban J connectivity index is 0. The SMILES string of the molecule is CP(C)C.Cc1ccccc1.Cc1ccccc1.[Zr]. The van der Waals surface area contributed by atoms with Crippen LogP contribution in [0.2, 0.25) is 0 Å². The fourth-order valence-electron chi connectivity index (χ4n) is 1.07. The third-order valence-corrected chi connectivity index (χ3v) is 1.88. The molecule has 0 heterocycles. The Hall–Kier alpha value is -0.247. The Labute approximate surface area is 139 Å². The summed E-state index contributed by atoms with van der Waals surface area (Å²) >= 11 is 0. The van der Waals surface area contributed by atoms with E-state index in [1.807, 2.05) is 36.4 Å². The topological polar surface area (TPSA) is 0 Å². The monoisotopic (exact) mass is 350 g/mol. The van der Waals surface area contributed by atoms with E-state index in [2.05, 4.69) is 58.1 Å². The minimum atomic E-state index is 0. The summed E-state index contributed by atoms with van der Waals surface area (Å²) in [6.45, 7) is 10.9. The molecule has 0 bridgehead atoms. The van der Waals surface area contributed by atoms with Crippen molar-refractivity contribution >= 4 is 7.92 Å². The number of rotatable bonds is 0. The van der Waals surface area contributed by atoms with Crippen LogP contribution in [0.5, 0.6) is 0 Å². The molecule has 0 saturated carbocycles. The van der Waals surface area contributed by atoms with Crippen LogP contribution in [-0.2, 0) is 26.2 Å². The summed E-state index contributed by atoms with van der Waals surface area (Å²) in [5, 5.41) is 0. The van der Waals surface area contributed by atoms with Gasteiger partial charge in [-0.3, -0.25) is 0 Å². The molecule has 0 spiro atoms. The summed E-state index contributed by atoms with van der Waals surface area (Å²) in [7, 11) is 0.380. The molecule has 0 aromatic heterocycles. The van der Waals surface area contributed by atoms with E-state index < -0.39 is 0 Å². The summed E-state index contributed by atoms with van der Waals surface area (Å²) in [5.41, 5.74) is 2.64. The van der Waals surface area contributed by atoms with Crippen LogP contribution in [0.15, 0.2) is 60.7 Å². The van der Waals surface area contributed by atoms with Crippen molar-refractivity contribution in [2.45, 2.75) is 13.8 Å². The molecule has 0 aliphatic heterocycles. The van der Waals surface area contributed by atoms with Crippen LogP contribution in [0.25, 0.3) is 0 Å². The zero-order valence-electron chi connectivity index (χ0n) is 12.7. The van der Waals surface area contributed by atoms with Crippen molar-refractivity contribution in [3.8, 4) is 0 Å². The molecular formula is C17H25PZr. The van der Waals surface area contributed by atoms with Gasteiger partial charge in [-0.15, -0.1) is 7.92 Å². The maximum Gasteiger partial charge on any atom is 0 e. The van der Waals surface area contributed by atoms with Gasteiger partial charge in [-0.25, -0.2) is 0 Å². The van der Waals surface area contributed by atoms with Crippen LogP contribution in [0.3, 0.4) is 0 Å².